The number of fused-ring (bicyclic) bond motifs is 1. The van der Waals surface area contributed by atoms with Crippen LogP contribution < -0.4 is 5.73 Å². The molecule has 1 aromatic carbocycles. The summed E-state index contributed by atoms with van der Waals surface area (Å²) in [5, 5.41) is 10.9. The molecule has 0 atom stereocenters. The lowest BCUT2D eigenvalue weighted by atomic mass is 10.1. The van der Waals surface area contributed by atoms with Gasteiger partial charge in [0.2, 0.25) is 0 Å². The number of hydrogen-bond donors (Lipinski definition) is 2. The Hall–Kier alpha value is -1.59. The quantitative estimate of drug-likeness (QED) is 0.851. The van der Waals surface area contributed by atoms with Crippen molar-refractivity contribution < 1.29 is 9.90 Å². The van der Waals surface area contributed by atoms with E-state index in [1.807, 2.05) is 31.2 Å². The standard InChI is InChI=1S/C15H20N2O2S/c1-4-17(9-15(2,3)19)14(18)13-8-10-7-11(16)5-6-12(10)20-13/h5-8,19H,4,9,16H2,1-3H3. The first-order valence-electron chi connectivity index (χ1n) is 6.61. The van der Waals surface area contributed by atoms with Crippen molar-refractivity contribution in [1.82, 2.24) is 4.90 Å². The fraction of sp³-hybridized carbons (Fsp3) is 0.400. The second-order valence-electron chi connectivity index (χ2n) is 5.54. The highest BCUT2D eigenvalue weighted by molar-refractivity contribution is 7.20. The molecule has 0 aliphatic carbocycles. The molecule has 108 valence electrons. The largest absolute Gasteiger partial charge is 0.399 e. The molecule has 1 amide bonds. The first-order chi connectivity index (χ1) is 9.30. The molecule has 4 nitrogen and oxygen atoms in total. The molecular formula is C15H20N2O2S. The Bertz CT molecular complexity index is 628. The number of nitrogen functional groups attached to an aromatic ring is 1. The lowest BCUT2D eigenvalue weighted by Crippen LogP contribution is -2.41. The molecule has 0 radical (unpaired) electrons. The van der Waals surface area contributed by atoms with Gasteiger partial charge in [-0.15, -0.1) is 11.3 Å². The van der Waals surface area contributed by atoms with Crippen LogP contribution in [0.3, 0.4) is 0 Å². The van der Waals surface area contributed by atoms with Crippen molar-refractivity contribution in [2.24, 2.45) is 0 Å². The highest BCUT2D eigenvalue weighted by Crippen LogP contribution is 2.28. The lowest BCUT2D eigenvalue weighted by Gasteiger charge is -2.27. The van der Waals surface area contributed by atoms with Crippen LogP contribution in [0.25, 0.3) is 10.1 Å². The average Bonchev–Trinajstić information content (AvgIpc) is 2.76. The number of nitrogens with two attached hydrogens (primary N) is 1. The molecule has 1 aromatic heterocycles. The summed E-state index contributed by atoms with van der Waals surface area (Å²) in [6, 6.07) is 7.50. The maximum Gasteiger partial charge on any atom is 0.264 e. The molecule has 2 aromatic rings. The summed E-state index contributed by atoms with van der Waals surface area (Å²) in [6.45, 7) is 6.20. The van der Waals surface area contributed by atoms with Gasteiger partial charge >= 0.3 is 0 Å². The molecule has 0 spiro atoms. The van der Waals surface area contributed by atoms with Crippen molar-refractivity contribution in [3.05, 3.63) is 29.1 Å². The number of nitrogens with zero attached hydrogens (tertiary/aromatic N) is 1. The van der Waals surface area contributed by atoms with Crippen LogP contribution in [0, 0.1) is 0 Å². The molecule has 0 saturated heterocycles. The maximum absolute atomic E-state index is 12.5. The summed E-state index contributed by atoms with van der Waals surface area (Å²) >= 11 is 1.46. The molecule has 1 heterocycles. The summed E-state index contributed by atoms with van der Waals surface area (Å²) in [5.41, 5.74) is 5.55. The molecular weight excluding hydrogens is 272 g/mol. The van der Waals surface area contributed by atoms with Gasteiger partial charge in [-0.25, -0.2) is 0 Å². The summed E-state index contributed by atoms with van der Waals surface area (Å²) in [6.07, 6.45) is 0. The van der Waals surface area contributed by atoms with E-state index in [0.29, 0.717) is 23.7 Å². The minimum Gasteiger partial charge on any atom is -0.399 e. The van der Waals surface area contributed by atoms with Gasteiger partial charge in [0.05, 0.1) is 10.5 Å². The number of likely N-dealkylation sites (N-methyl/N-ethyl adjacent to an activating group) is 1. The van der Waals surface area contributed by atoms with Gasteiger partial charge in [0.15, 0.2) is 0 Å². The number of aliphatic hydroxyl groups is 1. The van der Waals surface area contributed by atoms with Crippen LogP contribution >= 0.6 is 11.3 Å². The van der Waals surface area contributed by atoms with Gasteiger partial charge in [-0.1, -0.05) is 0 Å². The van der Waals surface area contributed by atoms with E-state index in [2.05, 4.69) is 0 Å². The third kappa shape index (κ3) is 3.29. The predicted octanol–water partition coefficient (Wildman–Crippen LogP) is 2.72. The Labute approximate surface area is 122 Å². The smallest absolute Gasteiger partial charge is 0.264 e. The highest BCUT2D eigenvalue weighted by Gasteiger charge is 2.23. The molecule has 0 unspecified atom stereocenters. The van der Waals surface area contributed by atoms with Crippen LogP contribution in [0.1, 0.15) is 30.4 Å². The molecule has 0 aliphatic rings. The van der Waals surface area contributed by atoms with Gasteiger partial charge < -0.3 is 15.7 Å². The monoisotopic (exact) mass is 292 g/mol. The fourth-order valence-corrected chi connectivity index (χ4v) is 3.13. The topological polar surface area (TPSA) is 66.6 Å². The molecule has 0 bridgehead atoms. The van der Waals surface area contributed by atoms with Crippen molar-refractivity contribution in [3.8, 4) is 0 Å². The number of anilines is 1. The highest BCUT2D eigenvalue weighted by atomic mass is 32.1. The zero-order valence-corrected chi connectivity index (χ0v) is 12.8. The van der Waals surface area contributed by atoms with Crippen molar-refractivity contribution in [1.29, 1.82) is 0 Å². The predicted molar refractivity (Wildman–Crippen MR) is 84.1 cm³/mol. The summed E-state index contributed by atoms with van der Waals surface area (Å²) in [7, 11) is 0. The molecule has 3 N–H and O–H groups in total. The Kier molecular flexibility index (Phi) is 4.01. The Balaban J connectivity index is 2.29. The van der Waals surface area contributed by atoms with Crippen molar-refractivity contribution in [3.63, 3.8) is 0 Å². The van der Waals surface area contributed by atoms with Crippen LogP contribution in [-0.2, 0) is 0 Å². The van der Waals surface area contributed by atoms with E-state index in [0.717, 1.165) is 10.1 Å². The normalized spacial score (nSPS) is 11.8. The van der Waals surface area contributed by atoms with Gasteiger partial charge in [-0.3, -0.25) is 4.79 Å². The lowest BCUT2D eigenvalue weighted by molar-refractivity contribution is 0.0317. The van der Waals surface area contributed by atoms with Gasteiger partial charge in [-0.2, -0.15) is 0 Å². The number of rotatable bonds is 4. The minimum atomic E-state index is -0.896. The third-order valence-electron chi connectivity index (χ3n) is 3.00. The second-order valence-corrected chi connectivity index (χ2v) is 6.62. The van der Waals surface area contributed by atoms with Crippen LogP contribution in [0.4, 0.5) is 5.69 Å². The number of carbonyl (C=O) groups is 1. The van der Waals surface area contributed by atoms with Crippen molar-refractivity contribution in [2.45, 2.75) is 26.4 Å². The van der Waals surface area contributed by atoms with Crippen molar-refractivity contribution in [2.75, 3.05) is 18.8 Å². The molecule has 0 fully saturated rings. The zero-order valence-electron chi connectivity index (χ0n) is 12.0. The maximum atomic E-state index is 12.5. The van der Waals surface area contributed by atoms with Crippen molar-refractivity contribution >= 4 is 33.0 Å². The summed E-state index contributed by atoms with van der Waals surface area (Å²) in [5.74, 6) is -0.0469. The SMILES string of the molecule is CCN(CC(C)(C)O)C(=O)c1cc2cc(N)ccc2s1. The van der Waals surface area contributed by atoms with E-state index in [1.165, 1.54) is 11.3 Å². The number of thiophene rings is 1. The first kappa shape index (κ1) is 14.8. The summed E-state index contributed by atoms with van der Waals surface area (Å²) < 4.78 is 1.04. The van der Waals surface area contributed by atoms with Gasteiger partial charge in [0.25, 0.3) is 5.91 Å². The molecule has 5 heteroatoms. The van der Waals surface area contributed by atoms with Crippen LogP contribution in [0.2, 0.25) is 0 Å². The Morgan fingerprint density at radius 3 is 2.70 bits per heavy atom. The van der Waals surface area contributed by atoms with Gasteiger partial charge in [0.1, 0.15) is 0 Å². The van der Waals surface area contributed by atoms with Gasteiger partial charge in [-0.05, 0) is 50.4 Å². The molecule has 2 rings (SSSR count). The first-order valence-corrected chi connectivity index (χ1v) is 7.42. The zero-order chi connectivity index (χ0) is 14.9. The molecule has 0 saturated carbocycles. The van der Waals surface area contributed by atoms with E-state index in [-0.39, 0.29) is 5.91 Å². The van der Waals surface area contributed by atoms with E-state index < -0.39 is 5.60 Å². The number of amides is 1. The van der Waals surface area contributed by atoms with E-state index in [9.17, 15) is 9.90 Å². The van der Waals surface area contributed by atoms with E-state index >= 15 is 0 Å². The van der Waals surface area contributed by atoms with Gasteiger partial charge in [0, 0.05) is 23.5 Å². The minimum absolute atomic E-state index is 0.0469. The van der Waals surface area contributed by atoms with Crippen LogP contribution in [0.15, 0.2) is 24.3 Å². The number of benzene rings is 1. The number of carbonyl (C=O) groups excluding carboxylic acids is 1. The van der Waals surface area contributed by atoms with Crippen LogP contribution in [-0.4, -0.2) is 34.6 Å². The molecule has 20 heavy (non-hydrogen) atoms. The summed E-state index contributed by atoms with van der Waals surface area (Å²) in [4.78, 5) is 14.8. The Morgan fingerprint density at radius 2 is 2.10 bits per heavy atom. The fourth-order valence-electron chi connectivity index (χ4n) is 2.12. The average molecular weight is 292 g/mol. The third-order valence-corrected chi connectivity index (χ3v) is 4.10. The van der Waals surface area contributed by atoms with E-state index in [4.69, 9.17) is 5.73 Å². The Morgan fingerprint density at radius 1 is 1.40 bits per heavy atom. The second kappa shape index (κ2) is 5.42. The number of hydrogen-bond acceptors (Lipinski definition) is 4. The molecule has 0 aliphatic heterocycles. The van der Waals surface area contributed by atoms with E-state index in [1.54, 1.807) is 18.7 Å². The van der Waals surface area contributed by atoms with Crippen LogP contribution in [0.5, 0.6) is 0 Å².